The van der Waals surface area contributed by atoms with E-state index in [9.17, 15) is 14.4 Å². The SMILES string of the molecule is CCOC(=O)c1c(SCC(=O)N(C)c2ccccc2)nc(=O)[nH]c1C. The Morgan fingerprint density at radius 3 is 2.60 bits per heavy atom. The van der Waals surface area contributed by atoms with Crippen molar-refractivity contribution in [3.63, 3.8) is 0 Å². The van der Waals surface area contributed by atoms with Crippen LogP contribution in [0.15, 0.2) is 40.2 Å². The van der Waals surface area contributed by atoms with Crippen molar-refractivity contribution in [2.24, 2.45) is 0 Å². The molecule has 0 atom stereocenters. The number of anilines is 1. The zero-order valence-corrected chi connectivity index (χ0v) is 15.1. The number of thioether (sulfide) groups is 1. The van der Waals surface area contributed by atoms with E-state index < -0.39 is 11.7 Å². The van der Waals surface area contributed by atoms with Crippen LogP contribution in [0.2, 0.25) is 0 Å². The standard InChI is InChI=1S/C17H19N3O4S/c1-4-24-16(22)14-11(2)18-17(23)19-15(14)25-10-13(21)20(3)12-8-6-5-7-9-12/h5-9H,4,10H2,1-3H3,(H,18,19,23). The third kappa shape index (κ3) is 4.69. The van der Waals surface area contributed by atoms with Crippen LogP contribution >= 0.6 is 11.8 Å². The minimum atomic E-state index is -0.574. The first-order valence-corrected chi connectivity index (χ1v) is 8.65. The molecule has 0 bridgehead atoms. The lowest BCUT2D eigenvalue weighted by Crippen LogP contribution is -2.28. The second kappa shape index (κ2) is 8.48. The zero-order chi connectivity index (χ0) is 18.4. The molecule has 132 valence electrons. The molecule has 0 radical (unpaired) electrons. The highest BCUT2D eigenvalue weighted by atomic mass is 32.2. The molecule has 25 heavy (non-hydrogen) atoms. The van der Waals surface area contributed by atoms with Gasteiger partial charge in [-0.15, -0.1) is 0 Å². The van der Waals surface area contributed by atoms with Crippen LogP contribution < -0.4 is 10.6 Å². The topological polar surface area (TPSA) is 92.4 Å². The fourth-order valence-electron chi connectivity index (χ4n) is 2.13. The van der Waals surface area contributed by atoms with E-state index in [0.717, 1.165) is 17.4 Å². The van der Waals surface area contributed by atoms with E-state index in [1.807, 2.05) is 30.3 Å². The number of carbonyl (C=O) groups is 2. The molecule has 7 nitrogen and oxygen atoms in total. The summed E-state index contributed by atoms with van der Waals surface area (Å²) in [5, 5.41) is 0.189. The number of rotatable bonds is 6. The third-order valence-corrected chi connectivity index (χ3v) is 4.38. The fourth-order valence-corrected chi connectivity index (χ4v) is 3.11. The molecule has 1 heterocycles. The van der Waals surface area contributed by atoms with E-state index in [4.69, 9.17) is 4.74 Å². The van der Waals surface area contributed by atoms with Crippen molar-refractivity contribution in [1.82, 2.24) is 9.97 Å². The Morgan fingerprint density at radius 2 is 1.96 bits per heavy atom. The number of carbonyl (C=O) groups excluding carboxylic acids is 2. The van der Waals surface area contributed by atoms with Crippen molar-refractivity contribution >= 4 is 29.3 Å². The zero-order valence-electron chi connectivity index (χ0n) is 14.2. The molecular weight excluding hydrogens is 342 g/mol. The van der Waals surface area contributed by atoms with Crippen LogP contribution in [0.25, 0.3) is 0 Å². The first kappa shape index (κ1) is 18.7. The molecule has 0 aliphatic rings. The van der Waals surface area contributed by atoms with E-state index >= 15 is 0 Å². The summed E-state index contributed by atoms with van der Waals surface area (Å²) in [6.45, 7) is 3.49. The van der Waals surface area contributed by atoms with E-state index in [1.165, 1.54) is 4.90 Å². The number of para-hydroxylation sites is 1. The van der Waals surface area contributed by atoms with Crippen LogP contribution in [-0.2, 0) is 9.53 Å². The van der Waals surface area contributed by atoms with Gasteiger partial charge in [-0.3, -0.25) is 4.79 Å². The summed E-state index contributed by atoms with van der Waals surface area (Å²) >= 11 is 1.04. The Balaban J connectivity index is 2.18. The summed E-state index contributed by atoms with van der Waals surface area (Å²) in [5.74, 6) is -0.714. The molecule has 0 aliphatic carbocycles. The summed E-state index contributed by atoms with van der Waals surface area (Å²) in [7, 11) is 1.67. The second-order valence-corrected chi connectivity index (χ2v) is 6.11. The molecule has 0 aliphatic heterocycles. The Kier molecular flexibility index (Phi) is 6.35. The molecule has 1 aromatic heterocycles. The molecule has 0 fully saturated rings. The number of H-pyrrole nitrogens is 1. The van der Waals surface area contributed by atoms with Gasteiger partial charge in [0.15, 0.2) is 0 Å². The predicted octanol–water partition coefficient (Wildman–Crippen LogP) is 2.01. The highest BCUT2D eigenvalue weighted by molar-refractivity contribution is 8.00. The summed E-state index contributed by atoms with van der Waals surface area (Å²) in [6.07, 6.45) is 0. The highest BCUT2D eigenvalue weighted by Gasteiger charge is 2.21. The minimum Gasteiger partial charge on any atom is -0.462 e. The molecule has 2 aromatic rings. The number of esters is 1. The quantitative estimate of drug-likeness (QED) is 0.481. The fraction of sp³-hybridized carbons (Fsp3) is 0.294. The molecule has 0 saturated heterocycles. The van der Waals surface area contributed by atoms with Gasteiger partial charge in [0.1, 0.15) is 10.6 Å². The minimum absolute atomic E-state index is 0.0354. The van der Waals surface area contributed by atoms with Gasteiger partial charge in [-0.25, -0.2) is 9.59 Å². The van der Waals surface area contributed by atoms with Gasteiger partial charge in [0.2, 0.25) is 5.91 Å². The number of nitrogens with one attached hydrogen (secondary N) is 1. The molecule has 0 spiro atoms. The van der Waals surface area contributed by atoms with Crippen LogP contribution in [0.4, 0.5) is 5.69 Å². The van der Waals surface area contributed by atoms with E-state index in [1.54, 1.807) is 20.9 Å². The van der Waals surface area contributed by atoms with Crippen molar-refractivity contribution in [3.8, 4) is 0 Å². The monoisotopic (exact) mass is 361 g/mol. The number of benzene rings is 1. The van der Waals surface area contributed by atoms with Crippen LogP contribution in [-0.4, -0.2) is 41.3 Å². The van der Waals surface area contributed by atoms with Crippen molar-refractivity contribution < 1.29 is 14.3 Å². The molecule has 8 heteroatoms. The Morgan fingerprint density at radius 1 is 1.28 bits per heavy atom. The molecule has 1 N–H and O–H groups in total. The van der Waals surface area contributed by atoms with Gasteiger partial charge in [-0.05, 0) is 26.0 Å². The molecule has 2 rings (SSSR count). The van der Waals surface area contributed by atoms with Crippen LogP contribution in [0.1, 0.15) is 23.0 Å². The number of aromatic amines is 1. The summed E-state index contributed by atoms with van der Waals surface area (Å²) in [6, 6.07) is 9.19. The van der Waals surface area contributed by atoms with Crippen molar-refractivity contribution in [3.05, 3.63) is 52.1 Å². The predicted molar refractivity (Wildman–Crippen MR) is 96.1 cm³/mol. The maximum atomic E-state index is 12.4. The van der Waals surface area contributed by atoms with Gasteiger partial charge in [0, 0.05) is 18.4 Å². The first-order valence-electron chi connectivity index (χ1n) is 7.66. The number of amides is 1. The van der Waals surface area contributed by atoms with Crippen molar-refractivity contribution in [1.29, 1.82) is 0 Å². The number of hydrogen-bond donors (Lipinski definition) is 1. The van der Waals surface area contributed by atoms with Gasteiger partial charge in [-0.1, -0.05) is 30.0 Å². The normalized spacial score (nSPS) is 10.4. The number of aromatic nitrogens is 2. The molecule has 0 saturated carbocycles. The van der Waals surface area contributed by atoms with Gasteiger partial charge in [-0.2, -0.15) is 4.98 Å². The summed E-state index contributed by atoms with van der Waals surface area (Å²) in [5.41, 5.74) is 0.733. The van der Waals surface area contributed by atoms with E-state index in [-0.39, 0.29) is 28.9 Å². The number of ether oxygens (including phenoxy) is 1. The molecule has 0 unspecified atom stereocenters. The summed E-state index contributed by atoms with van der Waals surface area (Å²) < 4.78 is 5.00. The maximum absolute atomic E-state index is 12.4. The van der Waals surface area contributed by atoms with E-state index in [0.29, 0.717) is 5.69 Å². The number of nitrogens with zero attached hydrogens (tertiary/aromatic N) is 2. The average molecular weight is 361 g/mol. The number of aryl methyl sites for hydroxylation is 1. The third-order valence-electron chi connectivity index (χ3n) is 3.42. The largest absolute Gasteiger partial charge is 0.462 e. The van der Waals surface area contributed by atoms with Crippen molar-refractivity contribution in [2.45, 2.75) is 18.9 Å². The van der Waals surface area contributed by atoms with Gasteiger partial charge in [0.25, 0.3) is 0 Å². The Bertz CT molecular complexity index is 820. The van der Waals surface area contributed by atoms with Crippen LogP contribution in [0.3, 0.4) is 0 Å². The first-order chi connectivity index (χ1) is 11.9. The average Bonchev–Trinajstić information content (AvgIpc) is 2.59. The molecule has 1 aromatic carbocycles. The maximum Gasteiger partial charge on any atom is 0.346 e. The second-order valence-electron chi connectivity index (χ2n) is 5.14. The lowest BCUT2D eigenvalue weighted by molar-refractivity contribution is -0.115. The van der Waals surface area contributed by atoms with Crippen LogP contribution in [0, 0.1) is 6.92 Å². The van der Waals surface area contributed by atoms with Crippen LogP contribution in [0.5, 0.6) is 0 Å². The van der Waals surface area contributed by atoms with Gasteiger partial charge >= 0.3 is 11.7 Å². The Labute approximate surface area is 149 Å². The smallest absolute Gasteiger partial charge is 0.346 e. The van der Waals surface area contributed by atoms with Gasteiger partial charge < -0.3 is 14.6 Å². The number of hydrogen-bond acceptors (Lipinski definition) is 6. The molecular formula is C17H19N3O4S. The van der Waals surface area contributed by atoms with E-state index in [2.05, 4.69) is 9.97 Å². The summed E-state index contributed by atoms with van der Waals surface area (Å²) in [4.78, 5) is 43.9. The highest BCUT2D eigenvalue weighted by Crippen LogP contribution is 2.23. The lowest BCUT2D eigenvalue weighted by Gasteiger charge is -2.17. The molecule has 1 amide bonds. The van der Waals surface area contributed by atoms with Gasteiger partial charge in [0.05, 0.1) is 12.4 Å². The lowest BCUT2D eigenvalue weighted by atomic mass is 10.2. The van der Waals surface area contributed by atoms with Crippen molar-refractivity contribution in [2.75, 3.05) is 24.3 Å². The Hall–Kier alpha value is -2.61.